The van der Waals surface area contributed by atoms with Gasteiger partial charge in [0.2, 0.25) is 5.91 Å². The molecule has 1 atom stereocenters. The second-order valence-electron chi connectivity index (χ2n) is 6.43. The number of carbonyl (C=O) groups excluding carboxylic acids is 1. The largest absolute Gasteiger partial charge is 0.340 e. The van der Waals surface area contributed by atoms with Gasteiger partial charge in [0.15, 0.2) is 9.84 Å². The predicted octanol–water partition coefficient (Wildman–Crippen LogP) is -0.697. The maximum atomic E-state index is 12.3. The van der Waals surface area contributed by atoms with E-state index in [0.29, 0.717) is 26.1 Å². The molecule has 0 spiro atoms. The van der Waals surface area contributed by atoms with E-state index in [0.717, 1.165) is 13.1 Å². The molecule has 2 heterocycles. The molecule has 2 rings (SSSR count). The summed E-state index contributed by atoms with van der Waals surface area (Å²) in [6.07, 6.45) is 0.482. The van der Waals surface area contributed by atoms with Crippen molar-refractivity contribution >= 4 is 15.7 Å². The van der Waals surface area contributed by atoms with Gasteiger partial charge in [0.05, 0.1) is 17.4 Å². The standard InChI is InChI=1S/C13H25N3O3S/c1-13(2,10-14)16-6-4-15(5-7-16)12(17)11-3-8-20(18,19)9-11/h11H,3-10,14H2,1-2H3. The molecule has 2 saturated heterocycles. The van der Waals surface area contributed by atoms with Gasteiger partial charge in [-0.25, -0.2) is 8.42 Å². The fourth-order valence-electron chi connectivity index (χ4n) is 2.91. The normalized spacial score (nSPS) is 27.8. The van der Waals surface area contributed by atoms with Crippen LogP contribution in [-0.4, -0.2) is 73.9 Å². The monoisotopic (exact) mass is 303 g/mol. The van der Waals surface area contributed by atoms with Crippen molar-refractivity contribution in [2.75, 3.05) is 44.2 Å². The van der Waals surface area contributed by atoms with E-state index in [1.807, 2.05) is 4.90 Å². The predicted molar refractivity (Wildman–Crippen MR) is 78.0 cm³/mol. The first-order valence-electron chi connectivity index (χ1n) is 7.19. The molecule has 1 amide bonds. The molecule has 2 N–H and O–H groups in total. The average Bonchev–Trinajstić information content (AvgIpc) is 2.78. The summed E-state index contributed by atoms with van der Waals surface area (Å²) < 4.78 is 22.9. The Morgan fingerprint density at radius 2 is 1.85 bits per heavy atom. The van der Waals surface area contributed by atoms with Crippen LogP contribution in [0.25, 0.3) is 0 Å². The van der Waals surface area contributed by atoms with Gasteiger partial charge in [-0.1, -0.05) is 0 Å². The fourth-order valence-corrected chi connectivity index (χ4v) is 4.64. The summed E-state index contributed by atoms with van der Waals surface area (Å²) in [7, 11) is -2.99. The van der Waals surface area contributed by atoms with Gasteiger partial charge in [0, 0.05) is 38.3 Å². The number of sulfone groups is 1. The highest BCUT2D eigenvalue weighted by atomic mass is 32.2. The third kappa shape index (κ3) is 3.32. The van der Waals surface area contributed by atoms with Crippen LogP contribution in [0.2, 0.25) is 0 Å². The molecule has 0 saturated carbocycles. The molecule has 0 aliphatic carbocycles. The summed E-state index contributed by atoms with van der Waals surface area (Å²) in [6, 6.07) is 0. The summed E-state index contributed by atoms with van der Waals surface area (Å²) in [5.74, 6) is -0.130. The maximum Gasteiger partial charge on any atom is 0.226 e. The van der Waals surface area contributed by atoms with Crippen LogP contribution >= 0.6 is 0 Å². The number of hydrogen-bond acceptors (Lipinski definition) is 5. The lowest BCUT2D eigenvalue weighted by molar-refractivity contribution is -0.137. The van der Waals surface area contributed by atoms with Crippen molar-refractivity contribution in [3.05, 3.63) is 0 Å². The van der Waals surface area contributed by atoms with Crippen molar-refractivity contribution in [3.63, 3.8) is 0 Å². The Balaban J connectivity index is 1.90. The van der Waals surface area contributed by atoms with Crippen LogP contribution in [0.1, 0.15) is 20.3 Å². The minimum absolute atomic E-state index is 0.0104. The summed E-state index contributed by atoms with van der Waals surface area (Å²) in [5, 5.41) is 0. The first-order valence-corrected chi connectivity index (χ1v) is 9.02. The highest BCUT2D eigenvalue weighted by Crippen LogP contribution is 2.22. The Morgan fingerprint density at radius 1 is 1.25 bits per heavy atom. The van der Waals surface area contributed by atoms with E-state index >= 15 is 0 Å². The zero-order valence-corrected chi connectivity index (χ0v) is 13.2. The molecule has 1 unspecified atom stereocenters. The molecular formula is C13H25N3O3S. The molecule has 6 nitrogen and oxygen atoms in total. The van der Waals surface area contributed by atoms with Gasteiger partial charge >= 0.3 is 0 Å². The van der Waals surface area contributed by atoms with Crippen molar-refractivity contribution < 1.29 is 13.2 Å². The van der Waals surface area contributed by atoms with Crippen LogP contribution in [0.4, 0.5) is 0 Å². The van der Waals surface area contributed by atoms with Crippen LogP contribution in [0.5, 0.6) is 0 Å². The highest BCUT2D eigenvalue weighted by Gasteiger charge is 2.37. The van der Waals surface area contributed by atoms with Gasteiger partial charge in [-0.2, -0.15) is 0 Å². The molecule has 2 aliphatic rings. The minimum Gasteiger partial charge on any atom is -0.340 e. The molecule has 0 bridgehead atoms. The van der Waals surface area contributed by atoms with Crippen LogP contribution < -0.4 is 5.73 Å². The Labute approximate surface area is 121 Å². The van der Waals surface area contributed by atoms with E-state index in [2.05, 4.69) is 18.7 Å². The van der Waals surface area contributed by atoms with E-state index in [1.54, 1.807) is 0 Å². The smallest absolute Gasteiger partial charge is 0.226 e. The summed E-state index contributed by atoms with van der Waals surface area (Å²) in [5.41, 5.74) is 5.72. The van der Waals surface area contributed by atoms with Crippen molar-refractivity contribution in [1.82, 2.24) is 9.80 Å². The summed E-state index contributed by atoms with van der Waals surface area (Å²) in [6.45, 7) is 7.73. The second kappa shape index (κ2) is 5.61. The Kier molecular flexibility index (Phi) is 4.41. The van der Waals surface area contributed by atoms with Crippen molar-refractivity contribution in [3.8, 4) is 0 Å². The lowest BCUT2D eigenvalue weighted by Gasteiger charge is -2.44. The SMILES string of the molecule is CC(C)(CN)N1CCN(C(=O)C2CCS(=O)(=O)C2)CC1. The van der Waals surface area contributed by atoms with Gasteiger partial charge in [-0.05, 0) is 20.3 Å². The molecule has 0 aromatic rings. The van der Waals surface area contributed by atoms with Crippen molar-refractivity contribution in [1.29, 1.82) is 0 Å². The summed E-state index contributed by atoms with van der Waals surface area (Å²) >= 11 is 0. The zero-order chi connectivity index (χ0) is 15.0. The van der Waals surface area contributed by atoms with Crippen LogP contribution in [0, 0.1) is 5.92 Å². The summed E-state index contributed by atoms with van der Waals surface area (Å²) in [4.78, 5) is 16.4. The van der Waals surface area contributed by atoms with Gasteiger partial charge in [-0.15, -0.1) is 0 Å². The first kappa shape index (κ1) is 15.7. The van der Waals surface area contributed by atoms with Gasteiger partial charge < -0.3 is 10.6 Å². The Morgan fingerprint density at radius 3 is 2.30 bits per heavy atom. The van der Waals surface area contributed by atoms with Gasteiger partial charge in [0.25, 0.3) is 0 Å². The van der Waals surface area contributed by atoms with E-state index < -0.39 is 9.84 Å². The lowest BCUT2D eigenvalue weighted by Crippen LogP contribution is -2.58. The molecule has 0 radical (unpaired) electrons. The van der Waals surface area contributed by atoms with Crippen LogP contribution in [0.3, 0.4) is 0 Å². The van der Waals surface area contributed by atoms with Crippen LogP contribution in [0.15, 0.2) is 0 Å². The number of piperazine rings is 1. The number of amides is 1. The molecule has 0 aromatic heterocycles. The third-order valence-corrected chi connectivity index (χ3v) is 6.30. The molecule has 2 aliphatic heterocycles. The lowest BCUT2D eigenvalue weighted by atomic mass is 10.0. The number of carbonyl (C=O) groups is 1. The van der Waals surface area contributed by atoms with Gasteiger partial charge in [-0.3, -0.25) is 9.69 Å². The van der Waals surface area contributed by atoms with Crippen molar-refractivity contribution in [2.45, 2.75) is 25.8 Å². The topological polar surface area (TPSA) is 83.7 Å². The average molecular weight is 303 g/mol. The van der Waals surface area contributed by atoms with Gasteiger partial charge in [0.1, 0.15) is 0 Å². The highest BCUT2D eigenvalue weighted by molar-refractivity contribution is 7.91. The maximum absolute atomic E-state index is 12.3. The van der Waals surface area contributed by atoms with Crippen LogP contribution in [-0.2, 0) is 14.6 Å². The zero-order valence-electron chi connectivity index (χ0n) is 12.3. The fraction of sp³-hybridized carbons (Fsp3) is 0.923. The Bertz CT molecular complexity index is 467. The number of nitrogens with zero attached hydrogens (tertiary/aromatic N) is 2. The number of hydrogen-bond donors (Lipinski definition) is 1. The number of rotatable bonds is 3. The Hall–Kier alpha value is -0.660. The van der Waals surface area contributed by atoms with E-state index in [4.69, 9.17) is 5.73 Å². The quantitative estimate of drug-likeness (QED) is 0.745. The molecule has 0 aromatic carbocycles. The molecular weight excluding hydrogens is 278 g/mol. The van der Waals surface area contributed by atoms with E-state index in [-0.39, 0.29) is 28.9 Å². The molecule has 20 heavy (non-hydrogen) atoms. The van der Waals surface area contributed by atoms with Crippen molar-refractivity contribution in [2.24, 2.45) is 11.7 Å². The first-order chi connectivity index (χ1) is 9.25. The molecule has 7 heteroatoms. The van der Waals surface area contributed by atoms with E-state index in [9.17, 15) is 13.2 Å². The second-order valence-corrected chi connectivity index (χ2v) is 8.66. The third-order valence-electron chi connectivity index (χ3n) is 4.53. The molecule has 2 fully saturated rings. The number of nitrogens with two attached hydrogens (primary N) is 1. The molecule has 116 valence electrons. The minimum atomic E-state index is -2.99. The van der Waals surface area contributed by atoms with E-state index in [1.165, 1.54) is 0 Å².